The molecule has 0 bridgehead atoms. The molecule has 476 valence electrons. The first kappa shape index (κ1) is 72.6. The Morgan fingerprint density at radius 1 is 0.591 bits per heavy atom. The largest absolute Gasteiger partial charge is 0.870 e. The van der Waals surface area contributed by atoms with Gasteiger partial charge in [0.1, 0.15) is 38.8 Å². The molecule has 0 saturated heterocycles. The number of aliphatic imine (C=N–C) groups is 1. The summed E-state index contributed by atoms with van der Waals surface area (Å²) in [6, 6.07) is 18.7. The predicted octanol–water partition coefficient (Wildman–Crippen LogP) is 10.7. The normalized spacial score (nSPS) is 12.7. The van der Waals surface area contributed by atoms with Crippen molar-refractivity contribution in [2.75, 3.05) is 54.7 Å². The van der Waals surface area contributed by atoms with Crippen molar-refractivity contribution < 1.29 is 105 Å². The van der Waals surface area contributed by atoms with Crippen LogP contribution < -0.4 is 58.9 Å². The number of aromatic nitrogens is 2. The molecular weight excluding hydrogens is 1250 g/mol. The van der Waals surface area contributed by atoms with Crippen molar-refractivity contribution >= 4 is 76.0 Å². The Balaban J connectivity index is 0.000000318. The van der Waals surface area contributed by atoms with E-state index in [9.17, 15) is 36.7 Å². The van der Waals surface area contributed by atoms with E-state index in [1.165, 1.54) is 76.2 Å². The van der Waals surface area contributed by atoms with Gasteiger partial charge in [-0.2, -0.15) is 22.6 Å². The highest BCUT2D eigenvalue weighted by Gasteiger charge is 2.29. The van der Waals surface area contributed by atoms with Crippen molar-refractivity contribution in [3.05, 3.63) is 145 Å². The summed E-state index contributed by atoms with van der Waals surface area (Å²) in [5.74, 6) is 1.08. The van der Waals surface area contributed by atoms with Crippen molar-refractivity contribution in [3.63, 3.8) is 0 Å². The number of benzene rings is 4. The SMILES string of the molecule is COc1ccc(CC(=O)NCC(=O)O[C@@H](Cc2c(Cl)c[nH+]cc2Cl)c2ccc(OC(F)F)c(OCC3CC3)c2)cc1OC.COc1ccc(N=C=O)cc1OC.NCC(=O)O[C@@H](Cc1c(Cl)c[nH+]cc1Cl)c1ccc(OC(F)F)c(OCC2CC2)c1.[OH-].[OH-]. The average Bonchev–Trinajstić information content (AvgIpc) is 4.62. The van der Waals surface area contributed by atoms with Crippen LogP contribution >= 0.6 is 46.4 Å². The lowest BCUT2D eigenvalue weighted by Crippen LogP contribution is -2.32. The van der Waals surface area contributed by atoms with Crippen LogP contribution in [-0.4, -0.2) is 103 Å². The van der Waals surface area contributed by atoms with E-state index in [0.717, 1.165) is 25.7 Å². The molecule has 7 N–H and O–H groups in total. The molecule has 2 atom stereocenters. The Morgan fingerprint density at radius 2 is 1.01 bits per heavy atom. The molecule has 2 heterocycles. The van der Waals surface area contributed by atoms with Gasteiger partial charge in [-0.25, -0.2) is 14.8 Å². The summed E-state index contributed by atoms with van der Waals surface area (Å²) in [6.45, 7) is -6.07. The number of hydrogen-bond acceptors (Lipinski definition) is 18. The fourth-order valence-electron chi connectivity index (χ4n) is 7.98. The molecule has 29 heteroatoms. The van der Waals surface area contributed by atoms with Crippen LogP contribution in [0.15, 0.2) is 103 Å². The zero-order valence-corrected chi connectivity index (χ0v) is 50.7. The Kier molecular flexibility index (Phi) is 30.1. The molecule has 2 aliphatic carbocycles. The predicted molar refractivity (Wildman–Crippen MR) is 310 cm³/mol. The molecule has 2 saturated carbocycles. The minimum atomic E-state index is -3.05. The third-order valence-electron chi connectivity index (χ3n) is 12.7. The molecule has 0 aliphatic heterocycles. The van der Waals surface area contributed by atoms with Crippen molar-refractivity contribution in [2.24, 2.45) is 22.6 Å². The topological polar surface area (TPSA) is 299 Å². The number of aromatic amines is 2. The van der Waals surface area contributed by atoms with E-state index in [1.807, 2.05) is 0 Å². The first-order valence-corrected chi connectivity index (χ1v) is 27.8. The number of methoxy groups -OCH3 is 4. The highest BCUT2D eigenvalue weighted by Crippen LogP contribution is 2.40. The Hall–Kier alpha value is -7.87. The smallest absolute Gasteiger partial charge is 0.387 e. The number of carbonyl (C=O) groups is 3. The number of nitrogens with one attached hydrogen (secondary N) is 3. The van der Waals surface area contributed by atoms with Crippen LogP contribution in [0, 0.1) is 11.8 Å². The molecule has 6 aromatic rings. The van der Waals surface area contributed by atoms with E-state index in [4.69, 9.17) is 90.0 Å². The summed E-state index contributed by atoms with van der Waals surface area (Å²) in [7, 11) is 6.06. The molecule has 0 spiro atoms. The van der Waals surface area contributed by atoms with Crippen LogP contribution in [0.3, 0.4) is 0 Å². The van der Waals surface area contributed by atoms with Gasteiger partial charge in [0, 0.05) is 30.0 Å². The van der Waals surface area contributed by atoms with Crippen LogP contribution in [0.2, 0.25) is 20.1 Å². The summed E-state index contributed by atoms with van der Waals surface area (Å²) in [5, 5.41) is 3.88. The molecule has 2 aliphatic rings. The minimum absolute atomic E-state index is 0. The Morgan fingerprint density at radius 3 is 1.42 bits per heavy atom. The Bertz CT molecular complexity index is 3270. The third-order valence-corrected chi connectivity index (χ3v) is 14.1. The van der Waals surface area contributed by atoms with E-state index in [1.54, 1.807) is 55.9 Å². The van der Waals surface area contributed by atoms with E-state index < -0.39 is 49.8 Å². The zero-order chi connectivity index (χ0) is 62.3. The minimum Gasteiger partial charge on any atom is -0.870 e. The second kappa shape index (κ2) is 36.4. The van der Waals surface area contributed by atoms with E-state index in [0.29, 0.717) is 102 Å². The highest BCUT2D eigenvalue weighted by atomic mass is 35.5. The number of amides is 1. The van der Waals surface area contributed by atoms with Gasteiger partial charge in [0.05, 0.1) is 60.3 Å². The van der Waals surface area contributed by atoms with E-state index in [2.05, 4.69) is 29.8 Å². The lowest BCUT2D eigenvalue weighted by molar-refractivity contribution is -0.378. The zero-order valence-electron chi connectivity index (χ0n) is 47.6. The third kappa shape index (κ3) is 23.0. The molecule has 0 unspecified atom stereocenters. The number of halogens is 8. The molecule has 8 rings (SSSR count). The maximum absolute atomic E-state index is 13.1. The van der Waals surface area contributed by atoms with Crippen LogP contribution in [-0.2, 0) is 47.9 Å². The maximum Gasteiger partial charge on any atom is 0.387 e. The van der Waals surface area contributed by atoms with Crippen molar-refractivity contribution in [2.45, 2.75) is 70.4 Å². The number of rotatable bonds is 28. The fourth-order valence-corrected chi connectivity index (χ4v) is 9.04. The van der Waals surface area contributed by atoms with Gasteiger partial charge in [-0.1, -0.05) is 64.6 Å². The lowest BCUT2D eigenvalue weighted by atomic mass is 10.0. The van der Waals surface area contributed by atoms with Crippen LogP contribution in [0.4, 0.5) is 23.2 Å². The number of isocyanates is 1. The average molecular weight is 1320 g/mol. The summed E-state index contributed by atoms with van der Waals surface area (Å²) in [6.07, 6.45) is 10.1. The van der Waals surface area contributed by atoms with E-state index >= 15 is 0 Å². The molecule has 1 amide bonds. The summed E-state index contributed by atoms with van der Waals surface area (Å²) < 4.78 is 104. The fraction of sp³-hybridized carbons (Fsp3) is 0.356. The van der Waals surface area contributed by atoms with Crippen LogP contribution in [0.25, 0.3) is 0 Å². The number of hydrogen-bond donors (Lipinski definition) is 2. The van der Waals surface area contributed by atoms with Crippen molar-refractivity contribution in [3.8, 4) is 46.0 Å². The molecular formula is C59H63Cl4F4N5O16. The summed E-state index contributed by atoms with van der Waals surface area (Å²) in [5.41, 5.74) is 8.51. The summed E-state index contributed by atoms with van der Waals surface area (Å²) in [4.78, 5) is 56.5. The van der Waals surface area contributed by atoms with Gasteiger partial charge in [0.25, 0.3) is 0 Å². The summed E-state index contributed by atoms with van der Waals surface area (Å²) >= 11 is 25.2. The number of esters is 2. The van der Waals surface area contributed by atoms with Gasteiger partial charge in [0.2, 0.25) is 12.0 Å². The molecule has 88 heavy (non-hydrogen) atoms. The number of H-pyrrole nitrogens is 2. The molecule has 2 fully saturated rings. The molecule has 21 nitrogen and oxygen atoms in total. The standard InChI is InChI=1S/C30H30Cl2F2N2O7.C20H20Cl2F2N2O4.C9H9NO3.2H2O/c1-39-23-7-5-18(9-26(23)40-2)10-28(37)36-15-29(38)42-25(12-20-21(31)13-35-14-22(20)32)19-6-8-24(43-30(33)34)27(11-19)41-16-17-3-4-17;21-14-8-26-9-15(22)13(14)6-17(29-19(27)7-25)12-3-4-16(30-20(23)24)18(5-12)28-10-11-1-2-11;1-12-8-4-3-7(10-6-11)5-9(8)13-2;;/h5-9,11,13-14,17,25,30H,3-4,10,12,15-16H2,1-2H3,(H,36,37);3-5,8-9,11,17,20H,1-2,6-7,10,25H2;3-5H,1-2H3;2*1H2/t25-;17-;;;/m00.../s1. The van der Waals surface area contributed by atoms with Gasteiger partial charge in [-0.05, 0) is 103 Å². The number of pyridine rings is 2. The number of nitrogens with zero attached hydrogens (tertiary/aromatic N) is 1. The second-order valence-electron chi connectivity index (χ2n) is 18.9. The molecule has 0 radical (unpaired) electrons. The van der Waals surface area contributed by atoms with Gasteiger partial charge in [0.15, 0.2) is 70.8 Å². The number of alkyl halides is 4. The first-order chi connectivity index (χ1) is 41.3. The number of carbonyl (C=O) groups excluding carboxylic acids is 4. The van der Waals surface area contributed by atoms with Crippen molar-refractivity contribution in [1.82, 2.24) is 5.32 Å². The highest BCUT2D eigenvalue weighted by molar-refractivity contribution is 6.36. The van der Waals surface area contributed by atoms with E-state index in [-0.39, 0.29) is 59.8 Å². The number of ether oxygens (including phenoxy) is 10. The van der Waals surface area contributed by atoms with Gasteiger partial charge in [-0.15, -0.1) is 0 Å². The molecule has 4 aromatic carbocycles. The van der Waals surface area contributed by atoms with Crippen LogP contribution in [0.5, 0.6) is 46.0 Å². The lowest BCUT2D eigenvalue weighted by Gasteiger charge is -2.21. The van der Waals surface area contributed by atoms with Crippen LogP contribution in [0.1, 0.15) is 65.7 Å². The Labute approximate surface area is 523 Å². The van der Waals surface area contributed by atoms with Gasteiger partial charge < -0.3 is 69.4 Å². The quantitative estimate of drug-likeness (QED) is 0.0200. The van der Waals surface area contributed by atoms with Gasteiger partial charge in [-0.3, -0.25) is 14.4 Å². The van der Waals surface area contributed by atoms with Gasteiger partial charge >= 0.3 is 25.2 Å². The monoisotopic (exact) mass is 1310 g/mol. The molecule has 2 aromatic heterocycles. The van der Waals surface area contributed by atoms with Crippen molar-refractivity contribution in [1.29, 1.82) is 0 Å². The maximum atomic E-state index is 13.1. The number of nitrogens with two attached hydrogens (primary N) is 1. The second-order valence-corrected chi connectivity index (χ2v) is 20.5. The first-order valence-electron chi connectivity index (χ1n) is 26.3.